The van der Waals surface area contributed by atoms with E-state index in [-0.39, 0.29) is 0 Å². The van der Waals surface area contributed by atoms with Crippen molar-refractivity contribution in [3.05, 3.63) is 0 Å². The van der Waals surface area contributed by atoms with Gasteiger partial charge in [-0.15, -0.1) is 0 Å². The number of morpholine rings is 1. The molecule has 0 aromatic rings. The van der Waals surface area contributed by atoms with Crippen molar-refractivity contribution in [1.82, 2.24) is 10.2 Å². The third-order valence-corrected chi connectivity index (χ3v) is 4.89. The SMILES string of the molecule is CCC(CC)(CNC1CC1)CN1CCOCC1C. The Hall–Kier alpha value is -0.120. The maximum Gasteiger partial charge on any atom is 0.0619 e. The molecule has 0 radical (unpaired) electrons. The van der Waals surface area contributed by atoms with Crippen molar-refractivity contribution in [2.24, 2.45) is 5.41 Å². The standard InChI is InChI=1S/C15H30N2O/c1-4-15(5-2,11-16-14-6-7-14)12-17-8-9-18-10-13(17)3/h13-14,16H,4-12H2,1-3H3. The van der Waals surface area contributed by atoms with Gasteiger partial charge >= 0.3 is 0 Å². The Morgan fingerprint density at radius 2 is 2.00 bits per heavy atom. The number of nitrogens with zero attached hydrogens (tertiary/aromatic N) is 1. The highest BCUT2D eigenvalue weighted by atomic mass is 16.5. The molecule has 1 saturated carbocycles. The van der Waals surface area contributed by atoms with Crippen LogP contribution >= 0.6 is 0 Å². The van der Waals surface area contributed by atoms with Gasteiger partial charge in [-0.05, 0) is 38.0 Å². The summed E-state index contributed by atoms with van der Waals surface area (Å²) in [6.07, 6.45) is 5.32. The van der Waals surface area contributed by atoms with Crippen molar-refractivity contribution in [3.63, 3.8) is 0 Å². The van der Waals surface area contributed by atoms with Gasteiger partial charge in [0.15, 0.2) is 0 Å². The maximum atomic E-state index is 5.54. The third-order valence-electron chi connectivity index (χ3n) is 4.89. The van der Waals surface area contributed by atoms with Crippen LogP contribution in [0.5, 0.6) is 0 Å². The molecule has 1 aliphatic heterocycles. The molecular formula is C15H30N2O. The van der Waals surface area contributed by atoms with Gasteiger partial charge in [0, 0.05) is 31.7 Å². The molecule has 1 N–H and O–H groups in total. The van der Waals surface area contributed by atoms with Crippen LogP contribution in [0.4, 0.5) is 0 Å². The second-order valence-electron chi connectivity index (χ2n) is 6.26. The molecule has 1 aliphatic carbocycles. The van der Waals surface area contributed by atoms with Crippen molar-refractivity contribution in [1.29, 1.82) is 0 Å². The van der Waals surface area contributed by atoms with Crippen molar-refractivity contribution in [2.75, 3.05) is 32.8 Å². The topological polar surface area (TPSA) is 24.5 Å². The van der Waals surface area contributed by atoms with E-state index in [1.54, 1.807) is 0 Å². The van der Waals surface area contributed by atoms with E-state index >= 15 is 0 Å². The molecule has 1 atom stereocenters. The lowest BCUT2D eigenvalue weighted by atomic mass is 9.81. The fourth-order valence-corrected chi connectivity index (χ4v) is 2.86. The number of ether oxygens (including phenoxy) is 1. The van der Waals surface area contributed by atoms with Crippen LogP contribution in [0.25, 0.3) is 0 Å². The first-order chi connectivity index (χ1) is 8.69. The van der Waals surface area contributed by atoms with E-state index in [2.05, 4.69) is 31.0 Å². The zero-order valence-corrected chi connectivity index (χ0v) is 12.4. The summed E-state index contributed by atoms with van der Waals surface area (Å²) in [5.74, 6) is 0. The average molecular weight is 254 g/mol. The minimum Gasteiger partial charge on any atom is -0.379 e. The molecule has 3 heteroatoms. The molecule has 2 rings (SSSR count). The molecule has 1 unspecified atom stereocenters. The highest BCUT2D eigenvalue weighted by molar-refractivity contribution is 4.89. The quantitative estimate of drug-likeness (QED) is 0.754. The van der Waals surface area contributed by atoms with E-state index in [0.717, 1.165) is 25.8 Å². The lowest BCUT2D eigenvalue weighted by Crippen LogP contribution is -2.51. The van der Waals surface area contributed by atoms with Crippen LogP contribution in [0.15, 0.2) is 0 Å². The summed E-state index contributed by atoms with van der Waals surface area (Å²) >= 11 is 0. The lowest BCUT2D eigenvalue weighted by molar-refractivity contribution is -0.0221. The molecule has 3 nitrogen and oxygen atoms in total. The Morgan fingerprint density at radius 1 is 1.28 bits per heavy atom. The van der Waals surface area contributed by atoms with Gasteiger partial charge in [0.25, 0.3) is 0 Å². The Labute approximate surface area is 112 Å². The number of hydrogen-bond donors (Lipinski definition) is 1. The maximum absolute atomic E-state index is 5.54. The molecule has 0 spiro atoms. The van der Waals surface area contributed by atoms with Crippen molar-refractivity contribution in [2.45, 2.75) is 58.5 Å². The van der Waals surface area contributed by atoms with E-state index in [9.17, 15) is 0 Å². The summed E-state index contributed by atoms with van der Waals surface area (Å²) in [7, 11) is 0. The Balaban J connectivity index is 1.89. The Kier molecular flexibility index (Phi) is 5.05. The molecular weight excluding hydrogens is 224 g/mol. The molecule has 0 aromatic carbocycles. The van der Waals surface area contributed by atoms with E-state index < -0.39 is 0 Å². The summed E-state index contributed by atoms with van der Waals surface area (Å²) in [5.41, 5.74) is 0.453. The molecule has 106 valence electrons. The monoisotopic (exact) mass is 254 g/mol. The third kappa shape index (κ3) is 3.69. The molecule has 1 saturated heterocycles. The summed E-state index contributed by atoms with van der Waals surface area (Å²) < 4.78 is 5.54. The first-order valence-electron chi connectivity index (χ1n) is 7.74. The first kappa shape index (κ1) is 14.3. The van der Waals surface area contributed by atoms with E-state index in [0.29, 0.717) is 11.5 Å². The van der Waals surface area contributed by atoms with Crippen LogP contribution in [-0.4, -0.2) is 49.8 Å². The van der Waals surface area contributed by atoms with Crippen molar-refractivity contribution >= 4 is 0 Å². The summed E-state index contributed by atoms with van der Waals surface area (Å²) in [5, 5.41) is 3.75. The van der Waals surface area contributed by atoms with Gasteiger partial charge in [-0.25, -0.2) is 0 Å². The second-order valence-corrected chi connectivity index (χ2v) is 6.26. The minimum atomic E-state index is 0.453. The zero-order valence-electron chi connectivity index (χ0n) is 12.4. The number of rotatable bonds is 7. The fourth-order valence-electron chi connectivity index (χ4n) is 2.86. The van der Waals surface area contributed by atoms with Crippen LogP contribution in [0, 0.1) is 5.41 Å². The van der Waals surface area contributed by atoms with Crippen LogP contribution in [0.3, 0.4) is 0 Å². The summed E-state index contributed by atoms with van der Waals surface area (Å²) in [6.45, 7) is 12.3. The molecule has 0 bridgehead atoms. The van der Waals surface area contributed by atoms with Gasteiger partial charge < -0.3 is 10.1 Å². The number of nitrogens with one attached hydrogen (secondary N) is 1. The molecule has 0 aromatic heterocycles. The van der Waals surface area contributed by atoms with Crippen LogP contribution in [0.2, 0.25) is 0 Å². The van der Waals surface area contributed by atoms with Gasteiger partial charge in [-0.1, -0.05) is 13.8 Å². The van der Waals surface area contributed by atoms with Crippen LogP contribution in [-0.2, 0) is 4.74 Å². The van der Waals surface area contributed by atoms with Crippen molar-refractivity contribution < 1.29 is 4.74 Å². The highest BCUT2D eigenvalue weighted by Gasteiger charge is 2.33. The molecule has 18 heavy (non-hydrogen) atoms. The van der Waals surface area contributed by atoms with Gasteiger partial charge in [0.1, 0.15) is 0 Å². The van der Waals surface area contributed by atoms with Gasteiger partial charge in [-0.2, -0.15) is 0 Å². The van der Waals surface area contributed by atoms with Gasteiger partial charge in [0.05, 0.1) is 13.2 Å². The Bertz CT molecular complexity index is 249. The van der Waals surface area contributed by atoms with E-state index in [4.69, 9.17) is 4.74 Å². The van der Waals surface area contributed by atoms with Gasteiger partial charge in [-0.3, -0.25) is 4.90 Å². The van der Waals surface area contributed by atoms with Crippen molar-refractivity contribution in [3.8, 4) is 0 Å². The predicted molar refractivity (Wildman–Crippen MR) is 75.9 cm³/mol. The first-order valence-corrected chi connectivity index (χ1v) is 7.74. The second kappa shape index (κ2) is 6.36. The average Bonchev–Trinajstić information content (AvgIpc) is 3.21. The van der Waals surface area contributed by atoms with Crippen LogP contribution < -0.4 is 5.32 Å². The normalized spacial score (nSPS) is 26.5. The summed E-state index contributed by atoms with van der Waals surface area (Å²) in [4.78, 5) is 2.63. The predicted octanol–water partition coefficient (Wildman–Crippen LogP) is 2.27. The highest BCUT2D eigenvalue weighted by Crippen LogP contribution is 2.30. The number of hydrogen-bond acceptors (Lipinski definition) is 3. The molecule has 1 heterocycles. The van der Waals surface area contributed by atoms with E-state index in [1.165, 1.54) is 38.8 Å². The molecule has 2 fully saturated rings. The van der Waals surface area contributed by atoms with Crippen LogP contribution in [0.1, 0.15) is 46.5 Å². The van der Waals surface area contributed by atoms with E-state index in [1.807, 2.05) is 0 Å². The lowest BCUT2D eigenvalue weighted by Gasteiger charge is -2.42. The fraction of sp³-hybridized carbons (Fsp3) is 1.00. The largest absolute Gasteiger partial charge is 0.379 e. The Morgan fingerprint density at radius 3 is 2.56 bits per heavy atom. The molecule has 2 aliphatic rings. The summed E-state index contributed by atoms with van der Waals surface area (Å²) in [6, 6.07) is 1.40. The smallest absolute Gasteiger partial charge is 0.0619 e. The minimum absolute atomic E-state index is 0.453. The molecule has 0 amide bonds. The zero-order chi connectivity index (χ0) is 13.0. The van der Waals surface area contributed by atoms with Gasteiger partial charge in [0.2, 0.25) is 0 Å².